The number of amides is 4. The van der Waals surface area contributed by atoms with Gasteiger partial charge in [-0.05, 0) is 42.5 Å². The van der Waals surface area contributed by atoms with Crippen LogP contribution in [0.15, 0.2) is 48.5 Å². The first-order valence-corrected chi connectivity index (χ1v) is 12.5. The maximum absolute atomic E-state index is 13.4. The molecule has 2 fully saturated rings. The summed E-state index contributed by atoms with van der Waals surface area (Å²) in [6.07, 6.45) is 2.24. The van der Waals surface area contributed by atoms with E-state index in [0.29, 0.717) is 50.0 Å². The van der Waals surface area contributed by atoms with Crippen LogP contribution in [0, 0.1) is 0 Å². The number of urea groups is 1. The number of halogens is 1. The van der Waals surface area contributed by atoms with E-state index < -0.39 is 11.6 Å². The van der Waals surface area contributed by atoms with Crippen molar-refractivity contribution in [3.63, 3.8) is 0 Å². The molecule has 3 aliphatic rings. The lowest BCUT2D eigenvalue weighted by atomic mass is 9.76. The Bertz CT molecular complexity index is 1130. The van der Waals surface area contributed by atoms with Crippen LogP contribution < -0.4 is 10.1 Å². The van der Waals surface area contributed by atoms with Crippen LogP contribution in [0.3, 0.4) is 0 Å². The average Bonchev–Trinajstić information content (AvgIpc) is 3.10. The number of para-hydroxylation sites is 1. The third-order valence-corrected chi connectivity index (χ3v) is 7.48. The zero-order valence-electron chi connectivity index (χ0n) is 19.5. The molecule has 9 heteroatoms. The number of aryl methyl sites for hydroxylation is 1. The number of imide groups is 1. The van der Waals surface area contributed by atoms with Crippen LogP contribution in [0.25, 0.3) is 0 Å². The van der Waals surface area contributed by atoms with Gasteiger partial charge < -0.3 is 15.0 Å². The Labute approximate surface area is 209 Å². The molecule has 1 unspecified atom stereocenters. The second kappa shape index (κ2) is 9.87. The summed E-state index contributed by atoms with van der Waals surface area (Å²) in [5, 5.41) is 3.50. The monoisotopic (exact) mass is 496 g/mol. The number of fused-ring (bicyclic) bond motifs is 2. The SMILES string of the molecule is O=C(CN1C(=O)NC2(CCCc3ccccc32)C1=O)N1CCN(CCOc2ccccc2Cl)CC1. The Hall–Kier alpha value is -3.10. The van der Waals surface area contributed by atoms with Crippen molar-refractivity contribution in [3.05, 3.63) is 64.7 Å². The van der Waals surface area contributed by atoms with Gasteiger partial charge in [-0.25, -0.2) is 4.79 Å². The van der Waals surface area contributed by atoms with Crippen molar-refractivity contribution >= 4 is 29.4 Å². The number of rotatable bonds is 6. The molecule has 2 aromatic carbocycles. The van der Waals surface area contributed by atoms with E-state index in [2.05, 4.69) is 10.2 Å². The quantitative estimate of drug-likeness (QED) is 0.622. The van der Waals surface area contributed by atoms with Crippen molar-refractivity contribution in [2.24, 2.45) is 0 Å². The number of ether oxygens (including phenoxy) is 1. The van der Waals surface area contributed by atoms with Crippen LogP contribution >= 0.6 is 11.6 Å². The number of carbonyl (C=O) groups is 3. The van der Waals surface area contributed by atoms with E-state index in [-0.39, 0.29) is 18.4 Å². The van der Waals surface area contributed by atoms with Crippen molar-refractivity contribution in [2.45, 2.75) is 24.8 Å². The minimum Gasteiger partial charge on any atom is -0.491 e. The molecule has 1 atom stereocenters. The van der Waals surface area contributed by atoms with Gasteiger partial charge in [0.2, 0.25) is 5.91 Å². The van der Waals surface area contributed by atoms with Crippen molar-refractivity contribution in [2.75, 3.05) is 45.9 Å². The van der Waals surface area contributed by atoms with Crippen LogP contribution in [0.5, 0.6) is 5.75 Å². The molecule has 184 valence electrons. The number of hydrogen-bond acceptors (Lipinski definition) is 5. The highest BCUT2D eigenvalue weighted by Crippen LogP contribution is 2.39. The second-order valence-electron chi connectivity index (χ2n) is 9.24. The van der Waals surface area contributed by atoms with Crippen LogP contribution in [-0.4, -0.2) is 78.4 Å². The molecular formula is C26H29ClN4O4. The molecule has 4 amide bonds. The van der Waals surface area contributed by atoms with Gasteiger partial charge in [0.1, 0.15) is 24.4 Å². The second-order valence-corrected chi connectivity index (χ2v) is 9.65. The summed E-state index contributed by atoms with van der Waals surface area (Å²) < 4.78 is 5.76. The Balaban J connectivity index is 1.14. The molecule has 0 saturated carbocycles. The normalized spacial score (nSPS) is 22.3. The van der Waals surface area contributed by atoms with Crippen LogP contribution in [0.4, 0.5) is 4.79 Å². The molecular weight excluding hydrogens is 468 g/mol. The summed E-state index contributed by atoms with van der Waals surface area (Å²) in [6, 6.07) is 14.6. The number of nitrogens with one attached hydrogen (secondary N) is 1. The molecule has 1 aliphatic carbocycles. The third kappa shape index (κ3) is 4.60. The first kappa shape index (κ1) is 23.6. The van der Waals surface area contributed by atoms with Gasteiger partial charge in [0.25, 0.3) is 5.91 Å². The minimum atomic E-state index is -1.05. The van der Waals surface area contributed by atoms with Gasteiger partial charge in [-0.3, -0.25) is 19.4 Å². The lowest BCUT2D eigenvalue weighted by molar-refractivity contribution is -0.140. The highest BCUT2D eigenvalue weighted by Gasteiger charge is 2.54. The molecule has 2 aromatic rings. The number of benzene rings is 2. The molecule has 0 radical (unpaired) electrons. The van der Waals surface area contributed by atoms with E-state index in [0.717, 1.165) is 35.4 Å². The van der Waals surface area contributed by atoms with Crippen LogP contribution in [-0.2, 0) is 21.5 Å². The van der Waals surface area contributed by atoms with E-state index in [4.69, 9.17) is 16.3 Å². The van der Waals surface area contributed by atoms with Gasteiger partial charge >= 0.3 is 6.03 Å². The molecule has 0 bridgehead atoms. The summed E-state index contributed by atoms with van der Waals surface area (Å²) in [4.78, 5) is 44.3. The fourth-order valence-electron chi connectivity index (χ4n) is 5.26. The summed E-state index contributed by atoms with van der Waals surface area (Å²) in [7, 11) is 0. The maximum Gasteiger partial charge on any atom is 0.325 e. The van der Waals surface area contributed by atoms with Crippen molar-refractivity contribution in [1.29, 1.82) is 0 Å². The van der Waals surface area contributed by atoms with E-state index in [1.807, 2.05) is 42.5 Å². The van der Waals surface area contributed by atoms with Crippen molar-refractivity contribution in [1.82, 2.24) is 20.0 Å². The average molecular weight is 497 g/mol. The number of carbonyl (C=O) groups excluding carboxylic acids is 3. The summed E-state index contributed by atoms with van der Waals surface area (Å²) in [6.45, 7) is 3.49. The number of nitrogens with zero attached hydrogens (tertiary/aromatic N) is 3. The molecule has 2 heterocycles. The Kier molecular flexibility index (Phi) is 6.67. The van der Waals surface area contributed by atoms with Gasteiger partial charge in [0.05, 0.1) is 5.02 Å². The summed E-state index contributed by atoms with van der Waals surface area (Å²) in [5.74, 6) is 0.134. The smallest absolute Gasteiger partial charge is 0.325 e. The van der Waals surface area contributed by atoms with Gasteiger partial charge in [0, 0.05) is 32.7 Å². The van der Waals surface area contributed by atoms with Gasteiger partial charge in [-0.2, -0.15) is 0 Å². The molecule has 35 heavy (non-hydrogen) atoms. The van der Waals surface area contributed by atoms with Gasteiger partial charge in [-0.1, -0.05) is 48.0 Å². The van der Waals surface area contributed by atoms with E-state index >= 15 is 0 Å². The Morgan fingerprint density at radius 3 is 2.57 bits per heavy atom. The minimum absolute atomic E-state index is 0.207. The van der Waals surface area contributed by atoms with Gasteiger partial charge in [-0.15, -0.1) is 0 Å². The van der Waals surface area contributed by atoms with E-state index in [1.54, 1.807) is 11.0 Å². The topological polar surface area (TPSA) is 82.2 Å². The van der Waals surface area contributed by atoms with Crippen LogP contribution in [0.2, 0.25) is 5.02 Å². The largest absolute Gasteiger partial charge is 0.491 e. The van der Waals surface area contributed by atoms with Crippen molar-refractivity contribution < 1.29 is 19.1 Å². The molecule has 8 nitrogen and oxygen atoms in total. The van der Waals surface area contributed by atoms with Crippen molar-refractivity contribution in [3.8, 4) is 5.75 Å². The lowest BCUT2D eigenvalue weighted by Gasteiger charge is -2.35. The highest BCUT2D eigenvalue weighted by molar-refractivity contribution is 6.32. The highest BCUT2D eigenvalue weighted by atomic mass is 35.5. The number of hydrogen-bond donors (Lipinski definition) is 1. The number of piperazine rings is 1. The fourth-order valence-corrected chi connectivity index (χ4v) is 5.45. The van der Waals surface area contributed by atoms with E-state index in [1.165, 1.54) is 0 Å². The predicted octanol–water partition coefficient (Wildman–Crippen LogP) is 2.65. The molecule has 2 saturated heterocycles. The lowest BCUT2D eigenvalue weighted by Crippen LogP contribution is -2.52. The zero-order chi connectivity index (χ0) is 24.4. The molecule has 2 aliphatic heterocycles. The first-order valence-electron chi connectivity index (χ1n) is 12.1. The fraction of sp³-hybridized carbons (Fsp3) is 0.423. The predicted molar refractivity (Wildman–Crippen MR) is 131 cm³/mol. The molecule has 1 N–H and O–H groups in total. The Morgan fingerprint density at radius 2 is 1.77 bits per heavy atom. The van der Waals surface area contributed by atoms with Gasteiger partial charge in [0.15, 0.2) is 0 Å². The summed E-state index contributed by atoms with van der Waals surface area (Å²) >= 11 is 6.12. The molecule has 0 aromatic heterocycles. The Morgan fingerprint density at radius 1 is 1.03 bits per heavy atom. The standard InChI is InChI=1S/C26H29ClN4O4/c27-21-9-3-4-10-22(21)35-17-16-29-12-14-30(15-13-29)23(32)18-31-24(33)26(28-25(31)34)11-5-7-19-6-1-2-8-20(19)26/h1-4,6,8-10H,5,7,11-18H2,(H,28,34). The zero-order valence-corrected chi connectivity index (χ0v) is 20.3. The maximum atomic E-state index is 13.4. The third-order valence-electron chi connectivity index (χ3n) is 7.17. The summed E-state index contributed by atoms with van der Waals surface area (Å²) in [5.41, 5.74) is 0.884. The molecule has 1 spiro atoms. The molecule has 5 rings (SSSR count). The van der Waals surface area contributed by atoms with Crippen LogP contribution in [0.1, 0.15) is 24.0 Å². The first-order chi connectivity index (χ1) is 17.0. The van der Waals surface area contributed by atoms with E-state index in [9.17, 15) is 14.4 Å².